The van der Waals surface area contributed by atoms with Gasteiger partial charge in [-0.1, -0.05) is 12.1 Å². The fourth-order valence-electron chi connectivity index (χ4n) is 6.34. The van der Waals surface area contributed by atoms with E-state index in [-0.39, 0.29) is 17.6 Å². The van der Waals surface area contributed by atoms with E-state index in [9.17, 15) is 10.1 Å². The first-order valence-corrected chi connectivity index (χ1v) is 15.6. The molecule has 3 aliphatic rings. The first-order valence-electron chi connectivity index (χ1n) is 15.6. The van der Waals surface area contributed by atoms with Gasteiger partial charge in [-0.25, -0.2) is 9.97 Å². The summed E-state index contributed by atoms with van der Waals surface area (Å²) in [4.78, 5) is 29.7. The van der Waals surface area contributed by atoms with Crippen LogP contribution in [0.4, 0.5) is 23.0 Å². The zero-order valence-corrected chi connectivity index (χ0v) is 25.3. The number of amides is 1. The van der Waals surface area contributed by atoms with Crippen molar-refractivity contribution in [2.45, 2.75) is 37.8 Å². The molecule has 0 aliphatic carbocycles. The number of ether oxygens (including phenoxy) is 1. The number of anilines is 4. The summed E-state index contributed by atoms with van der Waals surface area (Å²) in [6, 6.07) is 18.3. The lowest BCUT2D eigenvalue weighted by Crippen LogP contribution is -2.52. The van der Waals surface area contributed by atoms with Gasteiger partial charge in [-0.15, -0.1) is 0 Å². The highest BCUT2D eigenvalue weighted by Crippen LogP contribution is 2.32. The summed E-state index contributed by atoms with van der Waals surface area (Å²) < 4.78 is 5.53. The number of piperazine rings is 1. The molecule has 0 radical (unpaired) electrons. The SMILES string of the molecule is CN1CCN(C2CCN(c3ccc(Nc4nc(NC5CCOCC5)c(-c5cccc(C#N)c5)nc4C(N)=O)cc3)CC2)CC1. The van der Waals surface area contributed by atoms with Gasteiger partial charge in [0.2, 0.25) is 0 Å². The topological polar surface area (TPSA) is 136 Å². The maximum atomic E-state index is 12.6. The zero-order valence-electron chi connectivity index (χ0n) is 25.3. The number of nitrogens with two attached hydrogens (primary N) is 1. The van der Waals surface area contributed by atoms with Crippen LogP contribution in [-0.2, 0) is 4.74 Å². The Hall–Kier alpha value is -4.24. The van der Waals surface area contributed by atoms with Crippen molar-refractivity contribution in [3.8, 4) is 17.3 Å². The molecule has 3 saturated heterocycles. The molecule has 0 spiro atoms. The number of rotatable bonds is 8. The summed E-state index contributed by atoms with van der Waals surface area (Å²) in [5, 5.41) is 16.3. The van der Waals surface area contributed by atoms with Gasteiger partial charge in [0.25, 0.3) is 5.91 Å². The van der Waals surface area contributed by atoms with Crippen LogP contribution >= 0.6 is 0 Å². The minimum Gasteiger partial charge on any atom is -0.381 e. The van der Waals surface area contributed by atoms with Crippen molar-refractivity contribution in [1.29, 1.82) is 5.26 Å². The van der Waals surface area contributed by atoms with Crippen LogP contribution in [0.5, 0.6) is 0 Å². The van der Waals surface area contributed by atoms with Crippen molar-refractivity contribution in [3.05, 3.63) is 59.8 Å². The number of carbonyl (C=O) groups is 1. The standard InChI is InChI=1S/C33H41N9O2/c1-40-15-17-42(18-16-40)28-9-13-41(14-10-28)27-7-5-25(6-8-27)36-33-30(31(35)43)38-29(24-4-2-3-23(21-24)22-34)32(39-33)37-26-11-19-44-20-12-26/h2-8,21,26,28H,9-20H2,1H3,(H2,35,43)(H2,36,37,39). The van der Waals surface area contributed by atoms with Crippen molar-refractivity contribution in [2.75, 3.05) is 75.1 Å². The van der Waals surface area contributed by atoms with Gasteiger partial charge in [-0.2, -0.15) is 5.26 Å². The van der Waals surface area contributed by atoms with E-state index in [0.29, 0.717) is 41.9 Å². The first kappa shape index (κ1) is 29.8. The van der Waals surface area contributed by atoms with Gasteiger partial charge in [0.05, 0.1) is 11.6 Å². The van der Waals surface area contributed by atoms with Crippen molar-refractivity contribution in [3.63, 3.8) is 0 Å². The molecule has 4 heterocycles. The summed E-state index contributed by atoms with van der Waals surface area (Å²) >= 11 is 0. The number of carbonyl (C=O) groups excluding carboxylic acids is 1. The van der Waals surface area contributed by atoms with E-state index in [4.69, 9.17) is 20.4 Å². The summed E-state index contributed by atoms with van der Waals surface area (Å²) in [6.07, 6.45) is 4.00. The van der Waals surface area contributed by atoms with Crippen LogP contribution in [0.15, 0.2) is 48.5 Å². The molecule has 4 N–H and O–H groups in total. The number of piperidine rings is 1. The second-order valence-corrected chi connectivity index (χ2v) is 11.9. The maximum Gasteiger partial charge on any atom is 0.271 e. The Bertz CT molecular complexity index is 1480. The Morgan fingerprint density at radius 3 is 2.36 bits per heavy atom. The average molecular weight is 596 g/mol. The molecule has 11 heteroatoms. The fraction of sp³-hybridized carbons (Fsp3) is 0.455. The molecule has 0 atom stereocenters. The molecule has 44 heavy (non-hydrogen) atoms. The van der Waals surface area contributed by atoms with Crippen LogP contribution in [0.2, 0.25) is 0 Å². The van der Waals surface area contributed by atoms with Crippen LogP contribution in [0.3, 0.4) is 0 Å². The zero-order chi connectivity index (χ0) is 30.5. The molecular formula is C33H41N9O2. The van der Waals surface area contributed by atoms with Crippen LogP contribution in [0, 0.1) is 11.3 Å². The maximum absolute atomic E-state index is 12.6. The molecule has 0 saturated carbocycles. The quantitative estimate of drug-likeness (QED) is 0.354. The lowest BCUT2D eigenvalue weighted by Gasteiger charge is -2.42. The highest BCUT2D eigenvalue weighted by Gasteiger charge is 2.27. The van der Waals surface area contributed by atoms with Crippen LogP contribution in [-0.4, -0.2) is 97.3 Å². The Kier molecular flexibility index (Phi) is 9.21. The largest absolute Gasteiger partial charge is 0.381 e. The molecule has 1 aromatic heterocycles. The third-order valence-corrected chi connectivity index (χ3v) is 8.97. The molecule has 0 bridgehead atoms. The molecule has 2 aromatic carbocycles. The highest BCUT2D eigenvalue weighted by molar-refractivity contribution is 5.97. The molecule has 3 aromatic rings. The van der Waals surface area contributed by atoms with Gasteiger partial charge in [0.1, 0.15) is 5.69 Å². The normalized spacial score (nSPS) is 19.0. The molecule has 1 amide bonds. The predicted octanol–water partition coefficient (Wildman–Crippen LogP) is 3.66. The van der Waals surface area contributed by atoms with E-state index in [1.807, 2.05) is 18.2 Å². The Labute approximate surface area is 259 Å². The lowest BCUT2D eigenvalue weighted by molar-refractivity contribution is 0.0904. The van der Waals surface area contributed by atoms with E-state index in [1.54, 1.807) is 18.2 Å². The van der Waals surface area contributed by atoms with Crippen LogP contribution in [0.1, 0.15) is 41.7 Å². The fourth-order valence-corrected chi connectivity index (χ4v) is 6.34. The van der Waals surface area contributed by atoms with Crippen molar-refractivity contribution < 1.29 is 9.53 Å². The number of primary amides is 1. The summed E-state index contributed by atoms with van der Waals surface area (Å²) in [6.45, 7) is 8.03. The van der Waals surface area contributed by atoms with Crippen molar-refractivity contribution >= 4 is 28.9 Å². The van der Waals surface area contributed by atoms with Crippen LogP contribution in [0.25, 0.3) is 11.3 Å². The van der Waals surface area contributed by atoms with E-state index >= 15 is 0 Å². The van der Waals surface area contributed by atoms with Crippen molar-refractivity contribution in [1.82, 2.24) is 19.8 Å². The molecule has 230 valence electrons. The van der Waals surface area contributed by atoms with E-state index in [2.05, 4.69) is 50.6 Å². The van der Waals surface area contributed by atoms with Gasteiger partial charge in [0.15, 0.2) is 17.3 Å². The van der Waals surface area contributed by atoms with E-state index in [0.717, 1.165) is 57.8 Å². The minimum atomic E-state index is -0.685. The van der Waals surface area contributed by atoms with Gasteiger partial charge in [-0.3, -0.25) is 9.69 Å². The smallest absolute Gasteiger partial charge is 0.271 e. The van der Waals surface area contributed by atoms with Gasteiger partial charge >= 0.3 is 0 Å². The van der Waals surface area contributed by atoms with Crippen LogP contribution < -0.4 is 21.3 Å². The van der Waals surface area contributed by atoms with E-state index in [1.165, 1.54) is 18.5 Å². The molecule has 0 unspecified atom stereocenters. The lowest BCUT2D eigenvalue weighted by atomic mass is 10.0. The first-order chi connectivity index (χ1) is 21.5. The van der Waals surface area contributed by atoms with E-state index < -0.39 is 5.91 Å². The summed E-state index contributed by atoms with van der Waals surface area (Å²) in [5.74, 6) is 0.127. The number of hydrogen-bond donors (Lipinski definition) is 3. The Morgan fingerprint density at radius 1 is 0.955 bits per heavy atom. The Balaban J connectivity index is 1.20. The number of nitrogens with one attached hydrogen (secondary N) is 2. The summed E-state index contributed by atoms with van der Waals surface area (Å²) in [5.41, 5.74) is 9.47. The number of benzene rings is 2. The van der Waals surface area contributed by atoms with Gasteiger partial charge < -0.3 is 30.9 Å². The van der Waals surface area contributed by atoms with Gasteiger partial charge in [-0.05, 0) is 69.1 Å². The predicted molar refractivity (Wildman–Crippen MR) is 172 cm³/mol. The third-order valence-electron chi connectivity index (χ3n) is 8.97. The number of hydrogen-bond acceptors (Lipinski definition) is 10. The Morgan fingerprint density at radius 2 is 1.68 bits per heavy atom. The highest BCUT2D eigenvalue weighted by atomic mass is 16.5. The monoisotopic (exact) mass is 595 g/mol. The number of aromatic nitrogens is 2. The molecule has 6 rings (SSSR count). The molecular weight excluding hydrogens is 554 g/mol. The number of nitrogens with zero attached hydrogens (tertiary/aromatic N) is 6. The average Bonchev–Trinajstić information content (AvgIpc) is 3.06. The number of nitriles is 1. The molecule has 3 aliphatic heterocycles. The van der Waals surface area contributed by atoms with Crippen molar-refractivity contribution in [2.24, 2.45) is 5.73 Å². The second kappa shape index (κ2) is 13.6. The summed E-state index contributed by atoms with van der Waals surface area (Å²) in [7, 11) is 2.20. The number of likely N-dealkylation sites (N-methyl/N-ethyl adjacent to an activating group) is 1. The van der Waals surface area contributed by atoms with Gasteiger partial charge in [0, 0.05) is 81.5 Å². The third kappa shape index (κ3) is 6.94. The minimum absolute atomic E-state index is 0.0370. The molecule has 3 fully saturated rings. The second-order valence-electron chi connectivity index (χ2n) is 11.9. The molecule has 11 nitrogen and oxygen atoms in total.